The van der Waals surface area contributed by atoms with Crippen LogP contribution in [0.5, 0.6) is 0 Å². The Morgan fingerprint density at radius 1 is 1.19 bits per heavy atom. The third-order valence-electron chi connectivity index (χ3n) is 2.91. The molecule has 0 bridgehead atoms. The second kappa shape index (κ2) is 9.20. The van der Waals surface area contributed by atoms with Crippen molar-refractivity contribution in [1.82, 2.24) is 15.1 Å². The van der Waals surface area contributed by atoms with Crippen molar-refractivity contribution in [3.05, 3.63) is 0 Å². The lowest BCUT2D eigenvalue weighted by Gasteiger charge is -2.26. The minimum atomic E-state index is -1.06. The van der Waals surface area contributed by atoms with Gasteiger partial charge in [0.2, 0.25) is 5.91 Å². The summed E-state index contributed by atoms with van der Waals surface area (Å²) in [5, 5.41) is 11.6. The first kappa shape index (κ1) is 19.2. The maximum Gasteiger partial charge on any atom is 0.326 e. The quantitative estimate of drug-likeness (QED) is 0.699. The Hall–Kier alpha value is -1.79. The van der Waals surface area contributed by atoms with Crippen molar-refractivity contribution < 1.29 is 19.5 Å². The van der Waals surface area contributed by atoms with E-state index in [1.807, 2.05) is 20.8 Å². The van der Waals surface area contributed by atoms with E-state index in [-0.39, 0.29) is 18.4 Å². The largest absolute Gasteiger partial charge is 0.480 e. The average molecular weight is 301 g/mol. The van der Waals surface area contributed by atoms with Crippen LogP contribution in [0.15, 0.2) is 0 Å². The molecule has 0 aliphatic carbocycles. The molecule has 3 amide bonds. The van der Waals surface area contributed by atoms with Crippen LogP contribution >= 0.6 is 0 Å². The predicted octanol–water partition coefficient (Wildman–Crippen LogP) is 0.996. The van der Waals surface area contributed by atoms with Crippen molar-refractivity contribution in [1.29, 1.82) is 0 Å². The number of nitrogens with zero attached hydrogens (tertiary/aromatic N) is 2. The van der Waals surface area contributed by atoms with Gasteiger partial charge in [0, 0.05) is 20.6 Å². The molecule has 0 heterocycles. The van der Waals surface area contributed by atoms with E-state index in [1.165, 1.54) is 9.80 Å². The minimum absolute atomic E-state index is 0.0549. The Morgan fingerprint density at radius 3 is 2.14 bits per heavy atom. The van der Waals surface area contributed by atoms with Gasteiger partial charge in [0.1, 0.15) is 12.6 Å². The standard InChI is InChI=1S/C14H27N3O4/c1-6-7-17(9-12(18)16(4)5)14(21)15-11(13(19)20)8-10(2)3/h10-11H,6-9H2,1-5H3,(H,15,21)(H,19,20). The molecular formula is C14H27N3O4. The minimum Gasteiger partial charge on any atom is -0.480 e. The Bertz CT molecular complexity index is 369. The van der Waals surface area contributed by atoms with Crippen molar-refractivity contribution in [2.45, 2.75) is 39.7 Å². The summed E-state index contributed by atoms with van der Waals surface area (Å²) in [6, 6.07) is -1.45. The van der Waals surface area contributed by atoms with E-state index in [9.17, 15) is 14.4 Å². The SMILES string of the molecule is CCCN(CC(=O)N(C)C)C(=O)NC(CC(C)C)C(=O)O. The van der Waals surface area contributed by atoms with Gasteiger partial charge in [0.15, 0.2) is 0 Å². The third-order valence-corrected chi connectivity index (χ3v) is 2.91. The molecule has 7 heteroatoms. The van der Waals surface area contributed by atoms with Gasteiger partial charge in [-0.3, -0.25) is 4.79 Å². The molecule has 0 saturated carbocycles. The van der Waals surface area contributed by atoms with Gasteiger partial charge in [-0.1, -0.05) is 20.8 Å². The molecule has 2 N–H and O–H groups in total. The monoisotopic (exact) mass is 301 g/mol. The van der Waals surface area contributed by atoms with Crippen LogP contribution < -0.4 is 5.32 Å². The lowest BCUT2D eigenvalue weighted by molar-refractivity contribution is -0.139. The van der Waals surface area contributed by atoms with Crippen LogP contribution in [0.2, 0.25) is 0 Å². The van der Waals surface area contributed by atoms with Gasteiger partial charge < -0.3 is 20.2 Å². The maximum absolute atomic E-state index is 12.2. The van der Waals surface area contributed by atoms with Gasteiger partial charge >= 0.3 is 12.0 Å². The number of likely N-dealkylation sites (N-methyl/N-ethyl adjacent to an activating group) is 1. The Labute approximate surface area is 126 Å². The van der Waals surface area contributed by atoms with Crippen LogP contribution in [0, 0.1) is 5.92 Å². The normalized spacial score (nSPS) is 11.9. The summed E-state index contributed by atoms with van der Waals surface area (Å²) in [6.45, 7) is 6.02. The number of carbonyl (C=O) groups excluding carboxylic acids is 2. The number of urea groups is 1. The van der Waals surface area contributed by atoms with Crippen LogP contribution in [0.1, 0.15) is 33.6 Å². The van der Waals surface area contributed by atoms with Crippen LogP contribution in [0.4, 0.5) is 4.79 Å². The molecule has 0 rings (SSSR count). The van der Waals surface area contributed by atoms with Gasteiger partial charge in [-0.2, -0.15) is 0 Å². The number of amides is 3. The van der Waals surface area contributed by atoms with E-state index >= 15 is 0 Å². The predicted molar refractivity (Wildman–Crippen MR) is 80.0 cm³/mol. The smallest absolute Gasteiger partial charge is 0.326 e. The first-order valence-corrected chi connectivity index (χ1v) is 7.17. The fraction of sp³-hybridized carbons (Fsp3) is 0.786. The van der Waals surface area contributed by atoms with E-state index in [0.717, 1.165) is 0 Å². The number of aliphatic carboxylic acids is 1. The number of carbonyl (C=O) groups is 3. The number of carboxylic acids is 1. The maximum atomic E-state index is 12.2. The number of rotatable bonds is 8. The van der Waals surface area contributed by atoms with Crippen LogP contribution in [0.3, 0.4) is 0 Å². The zero-order chi connectivity index (χ0) is 16.6. The third kappa shape index (κ3) is 7.53. The van der Waals surface area contributed by atoms with Crippen molar-refractivity contribution in [2.75, 3.05) is 27.2 Å². The summed E-state index contributed by atoms with van der Waals surface area (Å²) in [6.07, 6.45) is 1.04. The molecule has 0 spiro atoms. The molecule has 0 saturated heterocycles. The lowest BCUT2D eigenvalue weighted by atomic mass is 10.0. The summed E-state index contributed by atoms with van der Waals surface area (Å²) in [5.74, 6) is -1.11. The zero-order valence-corrected chi connectivity index (χ0v) is 13.5. The number of nitrogens with one attached hydrogen (secondary N) is 1. The van der Waals surface area contributed by atoms with Crippen molar-refractivity contribution >= 4 is 17.9 Å². The highest BCUT2D eigenvalue weighted by atomic mass is 16.4. The Balaban J connectivity index is 4.78. The Kier molecular flexibility index (Phi) is 8.42. The van der Waals surface area contributed by atoms with Gasteiger partial charge in [0.25, 0.3) is 0 Å². The number of hydrogen-bond acceptors (Lipinski definition) is 3. The molecule has 0 aromatic carbocycles. The molecule has 1 unspecified atom stereocenters. The van der Waals surface area contributed by atoms with E-state index in [0.29, 0.717) is 19.4 Å². The summed E-state index contributed by atoms with van der Waals surface area (Å²) in [5.41, 5.74) is 0. The second-order valence-corrected chi connectivity index (χ2v) is 5.68. The first-order valence-electron chi connectivity index (χ1n) is 7.17. The van der Waals surface area contributed by atoms with Crippen LogP contribution in [-0.4, -0.2) is 66.0 Å². The molecule has 122 valence electrons. The zero-order valence-electron chi connectivity index (χ0n) is 13.5. The van der Waals surface area contributed by atoms with Crippen molar-refractivity contribution in [2.24, 2.45) is 5.92 Å². The Morgan fingerprint density at radius 2 is 1.76 bits per heavy atom. The molecule has 7 nitrogen and oxygen atoms in total. The molecular weight excluding hydrogens is 274 g/mol. The van der Waals surface area contributed by atoms with E-state index in [1.54, 1.807) is 14.1 Å². The summed E-state index contributed by atoms with van der Waals surface area (Å²) >= 11 is 0. The fourth-order valence-electron chi connectivity index (χ4n) is 1.76. The van der Waals surface area contributed by atoms with Gasteiger partial charge in [-0.05, 0) is 18.8 Å². The summed E-state index contributed by atoms with van der Waals surface area (Å²) in [7, 11) is 3.23. The average Bonchev–Trinajstić information content (AvgIpc) is 2.36. The van der Waals surface area contributed by atoms with E-state index < -0.39 is 18.0 Å². The molecule has 0 aromatic heterocycles. The van der Waals surface area contributed by atoms with Crippen LogP contribution in [0.25, 0.3) is 0 Å². The van der Waals surface area contributed by atoms with Gasteiger partial charge in [0.05, 0.1) is 0 Å². The van der Waals surface area contributed by atoms with E-state index in [2.05, 4.69) is 5.32 Å². The van der Waals surface area contributed by atoms with Crippen molar-refractivity contribution in [3.63, 3.8) is 0 Å². The van der Waals surface area contributed by atoms with Crippen LogP contribution in [-0.2, 0) is 9.59 Å². The number of hydrogen-bond donors (Lipinski definition) is 2. The molecule has 0 radical (unpaired) electrons. The molecule has 21 heavy (non-hydrogen) atoms. The number of carboxylic acid groups (broad SMARTS) is 1. The summed E-state index contributed by atoms with van der Waals surface area (Å²) < 4.78 is 0. The highest BCUT2D eigenvalue weighted by Crippen LogP contribution is 2.06. The summed E-state index contributed by atoms with van der Waals surface area (Å²) in [4.78, 5) is 37.8. The molecule has 0 aliphatic heterocycles. The fourth-order valence-corrected chi connectivity index (χ4v) is 1.76. The molecule has 0 aliphatic rings. The second-order valence-electron chi connectivity index (χ2n) is 5.68. The molecule has 1 atom stereocenters. The van der Waals surface area contributed by atoms with Gasteiger partial charge in [-0.25, -0.2) is 9.59 Å². The first-order chi connectivity index (χ1) is 9.68. The highest BCUT2D eigenvalue weighted by molar-refractivity contribution is 5.86. The van der Waals surface area contributed by atoms with E-state index in [4.69, 9.17) is 5.11 Å². The highest BCUT2D eigenvalue weighted by Gasteiger charge is 2.25. The van der Waals surface area contributed by atoms with Crippen molar-refractivity contribution in [3.8, 4) is 0 Å². The molecule has 0 aromatic rings. The van der Waals surface area contributed by atoms with Gasteiger partial charge in [-0.15, -0.1) is 0 Å². The topological polar surface area (TPSA) is 90.0 Å². The molecule has 0 fully saturated rings. The lowest BCUT2D eigenvalue weighted by Crippen LogP contribution is -2.51.